The molecular weight excluding hydrogens is 475 g/mol. The third kappa shape index (κ3) is 8.47. The number of rotatable bonds is 7. The monoisotopic (exact) mass is 510 g/mol. The van der Waals surface area contributed by atoms with Crippen LogP contribution in [-0.2, 0) is 6.54 Å². The van der Waals surface area contributed by atoms with Crippen LogP contribution >= 0.6 is 0 Å². The van der Waals surface area contributed by atoms with Crippen LogP contribution in [0.4, 0.5) is 14.9 Å². The zero-order valence-electron chi connectivity index (χ0n) is 21.8. The summed E-state index contributed by atoms with van der Waals surface area (Å²) in [5, 5.41) is 5.02. The number of piperazine rings is 1. The Hall–Kier alpha value is -3.63. The fourth-order valence-electron chi connectivity index (χ4n) is 3.84. The topological polar surface area (TPSA) is 120 Å². The fraction of sp³-hybridized carbons (Fsp3) is 0.407. The van der Waals surface area contributed by atoms with E-state index in [-0.39, 0.29) is 29.6 Å². The van der Waals surface area contributed by atoms with Gasteiger partial charge in [-0.2, -0.15) is 0 Å². The highest BCUT2D eigenvalue weighted by Gasteiger charge is 2.23. The second-order valence-corrected chi connectivity index (χ2v) is 10.1. The van der Waals surface area contributed by atoms with Crippen LogP contribution in [0.25, 0.3) is 0 Å². The maximum absolute atomic E-state index is 14.6. The Morgan fingerprint density at radius 1 is 1.03 bits per heavy atom. The Kier molecular flexibility index (Phi) is 9.12. The van der Waals surface area contributed by atoms with E-state index in [0.717, 1.165) is 11.6 Å². The Bertz CT molecular complexity index is 1180. The lowest BCUT2D eigenvalue weighted by atomic mass is 10.1. The first kappa shape index (κ1) is 27.9. The first-order chi connectivity index (χ1) is 17.4. The molecule has 0 spiro atoms. The number of hydrogen-bond acceptors (Lipinski definition) is 5. The largest absolute Gasteiger partial charge is 0.336 e. The molecule has 10 heteroatoms. The highest BCUT2D eigenvalue weighted by atomic mass is 19.1. The Morgan fingerprint density at radius 2 is 1.73 bits per heavy atom. The molecule has 1 heterocycles. The van der Waals surface area contributed by atoms with Crippen LogP contribution in [0.1, 0.15) is 54.0 Å². The van der Waals surface area contributed by atoms with E-state index >= 15 is 0 Å². The van der Waals surface area contributed by atoms with Crippen LogP contribution in [0.15, 0.2) is 47.5 Å². The van der Waals surface area contributed by atoms with Crippen molar-refractivity contribution in [1.29, 1.82) is 0 Å². The number of hydrogen-bond donors (Lipinski definition) is 3. The maximum Gasteiger partial charge on any atom is 0.319 e. The molecule has 4 N–H and O–H groups in total. The highest BCUT2D eigenvalue weighted by molar-refractivity contribution is 6.02. The summed E-state index contributed by atoms with van der Waals surface area (Å²) in [6, 6.07) is 10.9. The van der Waals surface area contributed by atoms with Crippen molar-refractivity contribution >= 4 is 29.2 Å². The van der Waals surface area contributed by atoms with Crippen LogP contribution < -0.4 is 16.4 Å². The molecule has 0 saturated carbocycles. The molecule has 0 unspecified atom stereocenters. The molecule has 0 radical (unpaired) electrons. The zero-order valence-corrected chi connectivity index (χ0v) is 21.8. The van der Waals surface area contributed by atoms with Gasteiger partial charge in [-0.05, 0) is 63.6 Å². The minimum atomic E-state index is -0.691. The maximum atomic E-state index is 14.6. The SMILES string of the molecule is CC(C)=NC(=O)c1cccc(CN2CCN(C(=O)c3ccc(NC(=O)NCC(C)(C)N)c(F)c3)CC2)c1. The number of benzene rings is 2. The summed E-state index contributed by atoms with van der Waals surface area (Å²) >= 11 is 0. The number of amides is 4. The van der Waals surface area contributed by atoms with Gasteiger partial charge in [0.05, 0.1) is 5.69 Å². The van der Waals surface area contributed by atoms with Gasteiger partial charge in [0.1, 0.15) is 5.82 Å². The second-order valence-electron chi connectivity index (χ2n) is 10.1. The number of carbonyl (C=O) groups excluding carboxylic acids is 3. The van der Waals surface area contributed by atoms with Gasteiger partial charge in [0.15, 0.2) is 0 Å². The smallest absolute Gasteiger partial charge is 0.319 e. The predicted molar refractivity (Wildman–Crippen MR) is 142 cm³/mol. The molecule has 1 aliphatic rings. The third-order valence-electron chi connectivity index (χ3n) is 5.73. The molecule has 1 aliphatic heterocycles. The van der Waals surface area contributed by atoms with Crippen molar-refractivity contribution in [3.63, 3.8) is 0 Å². The standard InChI is InChI=1S/C27H35FN6O3/c1-18(2)31-24(35)20-7-5-6-19(14-20)16-33-10-12-34(13-11-33)25(36)21-8-9-23(22(28)15-21)32-26(37)30-17-27(3,4)29/h5-9,14-15H,10-13,16-17,29H2,1-4H3,(H2,30,32,37). The minimum Gasteiger partial charge on any atom is -0.336 e. The average Bonchev–Trinajstić information content (AvgIpc) is 2.83. The van der Waals surface area contributed by atoms with E-state index in [1.54, 1.807) is 38.7 Å². The molecule has 3 rings (SSSR count). The van der Waals surface area contributed by atoms with Gasteiger partial charge in [0.25, 0.3) is 11.8 Å². The molecule has 2 aromatic carbocycles. The summed E-state index contributed by atoms with van der Waals surface area (Å²) in [5.41, 5.74) is 7.69. The van der Waals surface area contributed by atoms with Crippen molar-refractivity contribution in [2.24, 2.45) is 10.7 Å². The molecule has 198 valence electrons. The third-order valence-corrected chi connectivity index (χ3v) is 5.73. The van der Waals surface area contributed by atoms with Crippen LogP contribution in [0.5, 0.6) is 0 Å². The van der Waals surface area contributed by atoms with E-state index in [2.05, 4.69) is 20.5 Å². The summed E-state index contributed by atoms with van der Waals surface area (Å²) < 4.78 is 14.6. The van der Waals surface area contributed by atoms with Gasteiger partial charge < -0.3 is 21.3 Å². The number of aliphatic imine (C=N–C) groups is 1. The minimum absolute atomic E-state index is 0.0193. The van der Waals surface area contributed by atoms with E-state index in [1.165, 1.54) is 12.1 Å². The lowest BCUT2D eigenvalue weighted by molar-refractivity contribution is 0.0627. The van der Waals surface area contributed by atoms with Crippen LogP contribution in [-0.4, -0.2) is 71.6 Å². The normalized spacial score (nSPS) is 14.2. The molecule has 37 heavy (non-hydrogen) atoms. The second kappa shape index (κ2) is 12.1. The van der Waals surface area contributed by atoms with Crippen molar-refractivity contribution in [2.45, 2.75) is 39.8 Å². The molecule has 0 bridgehead atoms. The summed E-state index contributed by atoms with van der Waals surface area (Å²) in [6.45, 7) is 10.3. The van der Waals surface area contributed by atoms with Gasteiger partial charge in [-0.15, -0.1) is 0 Å². The molecule has 0 atom stereocenters. The van der Waals surface area contributed by atoms with E-state index in [0.29, 0.717) is 44.0 Å². The van der Waals surface area contributed by atoms with Crippen molar-refractivity contribution in [3.05, 3.63) is 65.0 Å². The van der Waals surface area contributed by atoms with Crippen molar-refractivity contribution < 1.29 is 18.8 Å². The van der Waals surface area contributed by atoms with Crippen molar-refractivity contribution in [3.8, 4) is 0 Å². The van der Waals surface area contributed by atoms with Crippen molar-refractivity contribution in [1.82, 2.24) is 15.1 Å². The fourth-order valence-corrected chi connectivity index (χ4v) is 3.84. The quantitative estimate of drug-likeness (QED) is 0.494. The summed E-state index contributed by atoms with van der Waals surface area (Å²) in [7, 11) is 0. The molecule has 0 aliphatic carbocycles. The summed E-state index contributed by atoms with van der Waals surface area (Å²) in [4.78, 5) is 45.0. The van der Waals surface area contributed by atoms with Crippen molar-refractivity contribution in [2.75, 3.05) is 38.0 Å². The predicted octanol–water partition coefficient (Wildman–Crippen LogP) is 3.26. The highest BCUT2D eigenvalue weighted by Crippen LogP contribution is 2.19. The van der Waals surface area contributed by atoms with Gasteiger partial charge in [-0.1, -0.05) is 12.1 Å². The van der Waals surface area contributed by atoms with Crippen LogP contribution in [0.3, 0.4) is 0 Å². The lowest BCUT2D eigenvalue weighted by Crippen LogP contribution is -2.48. The molecule has 9 nitrogen and oxygen atoms in total. The number of halogens is 1. The molecule has 1 fully saturated rings. The van der Waals surface area contributed by atoms with Gasteiger partial charge in [0, 0.05) is 61.6 Å². The van der Waals surface area contributed by atoms with Gasteiger partial charge in [-0.3, -0.25) is 14.5 Å². The number of anilines is 1. The van der Waals surface area contributed by atoms with Gasteiger partial charge in [0.2, 0.25) is 0 Å². The Labute approximate surface area is 216 Å². The Morgan fingerprint density at radius 3 is 2.35 bits per heavy atom. The molecule has 1 saturated heterocycles. The van der Waals surface area contributed by atoms with Gasteiger partial charge in [-0.25, -0.2) is 14.2 Å². The number of urea groups is 1. The van der Waals surface area contributed by atoms with E-state index in [4.69, 9.17) is 5.73 Å². The Balaban J connectivity index is 1.54. The molecule has 0 aromatic heterocycles. The number of nitrogens with zero attached hydrogens (tertiary/aromatic N) is 3. The molecule has 2 aromatic rings. The van der Waals surface area contributed by atoms with Crippen LogP contribution in [0, 0.1) is 5.82 Å². The van der Waals surface area contributed by atoms with E-state index in [1.807, 2.05) is 18.2 Å². The number of nitrogens with one attached hydrogen (secondary N) is 2. The molecule has 4 amide bonds. The summed E-state index contributed by atoms with van der Waals surface area (Å²) in [6.07, 6.45) is 0. The number of carbonyl (C=O) groups is 3. The lowest BCUT2D eigenvalue weighted by Gasteiger charge is -2.35. The van der Waals surface area contributed by atoms with Gasteiger partial charge >= 0.3 is 6.03 Å². The zero-order chi connectivity index (χ0) is 27.2. The van der Waals surface area contributed by atoms with Crippen LogP contribution in [0.2, 0.25) is 0 Å². The summed E-state index contributed by atoms with van der Waals surface area (Å²) in [5.74, 6) is -1.21. The average molecular weight is 511 g/mol. The van der Waals surface area contributed by atoms with E-state index < -0.39 is 17.4 Å². The molecular formula is C27H35FN6O3. The van der Waals surface area contributed by atoms with E-state index in [9.17, 15) is 18.8 Å². The number of nitrogens with two attached hydrogens (primary N) is 1. The first-order valence-electron chi connectivity index (χ1n) is 12.2. The first-order valence-corrected chi connectivity index (χ1v) is 12.2.